The molecule has 4 rings (SSSR count). The van der Waals surface area contributed by atoms with Crippen LogP contribution in [0.1, 0.15) is 50.9 Å². The molecular formula is C23H29N3O4S. The van der Waals surface area contributed by atoms with Crippen molar-refractivity contribution in [1.29, 1.82) is 0 Å². The summed E-state index contributed by atoms with van der Waals surface area (Å²) < 4.78 is 16.6. The normalized spacial score (nSPS) is 22.3. The van der Waals surface area contributed by atoms with Crippen LogP contribution >= 0.6 is 0 Å². The molecule has 2 amide bonds. The van der Waals surface area contributed by atoms with E-state index in [1.54, 1.807) is 4.90 Å². The average molecular weight is 444 g/mol. The molecule has 1 saturated heterocycles. The third kappa shape index (κ3) is 3.72. The molecule has 0 radical (unpaired) electrons. The highest BCUT2D eigenvalue weighted by Gasteiger charge is 2.39. The Balaban J connectivity index is 1.61. The number of carboxylic acid groups (broad SMARTS) is 1. The molecule has 0 spiro atoms. The molecule has 2 aliphatic rings. The first-order chi connectivity index (χ1) is 14.6. The van der Waals surface area contributed by atoms with E-state index in [0.717, 1.165) is 16.5 Å². The minimum absolute atomic E-state index is 0.0203. The van der Waals surface area contributed by atoms with E-state index >= 15 is 0 Å². The van der Waals surface area contributed by atoms with E-state index in [1.807, 2.05) is 58.0 Å². The van der Waals surface area contributed by atoms with Crippen LogP contribution in [0.2, 0.25) is 0 Å². The highest BCUT2D eigenvalue weighted by molar-refractivity contribution is 7.83. The van der Waals surface area contributed by atoms with Gasteiger partial charge in [0.25, 0.3) is 5.91 Å². The monoisotopic (exact) mass is 443 g/mol. The molecule has 0 saturated carbocycles. The zero-order valence-corrected chi connectivity index (χ0v) is 19.2. The summed E-state index contributed by atoms with van der Waals surface area (Å²) in [4.78, 5) is 28.3. The maximum atomic E-state index is 13.3. The van der Waals surface area contributed by atoms with Crippen molar-refractivity contribution >= 4 is 39.4 Å². The number of amides is 2. The number of anilines is 1. The summed E-state index contributed by atoms with van der Waals surface area (Å²) in [6.07, 6.45) is 0.302. The van der Waals surface area contributed by atoms with Gasteiger partial charge < -0.3 is 14.9 Å². The summed E-state index contributed by atoms with van der Waals surface area (Å²) in [5, 5.41) is 11.2. The molecule has 7 nitrogen and oxygen atoms in total. The van der Waals surface area contributed by atoms with Gasteiger partial charge in [-0.1, -0.05) is 32.9 Å². The van der Waals surface area contributed by atoms with Gasteiger partial charge in [-0.3, -0.25) is 4.79 Å². The number of rotatable bonds is 4. The van der Waals surface area contributed by atoms with Gasteiger partial charge in [0, 0.05) is 41.5 Å². The van der Waals surface area contributed by atoms with Gasteiger partial charge in [0.05, 0.1) is 10.6 Å². The van der Waals surface area contributed by atoms with E-state index < -0.39 is 17.1 Å². The van der Waals surface area contributed by atoms with E-state index in [2.05, 4.69) is 4.72 Å². The van der Waals surface area contributed by atoms with Crippen LogP contribution in [-0.2, 0) is 11.0 Å². The van der Waals surface area contributed by atoms with Crippen molar-refractivity contribution in [3.05, 3.63) is 35.9 Å². The van der Waals surface area contributed by atoms with Gasteiger partial charge >= 0.3 is 6.09 Å². The largest absolute Gasteiger partial charge is 0.465 e. The molecule has 0 aliphatic carbocycles. The first-order valence-electron chi connectivity index (χ1n) is 10.7. The number of carbonyl (C=O) groups is 2. The third-order valence-corrected chi connectivity index (χ3v) is 7.69. The third-order valence-electron chi connectivity index (χ3n) is 6.38. The second-order valence-electron chi connectivity index (χ2n) is 9.33. The van der Waals surface area contributed by atoms with Crippen molar-refractivity contribution in [1.82, 2.24) is 9.62 Å². The number of hydrogen-bond donors (Lipinski definition) is 2. The number of nitrogens with zero attached hydrogens (tertiary/aromatic N) is 2. The Bertz CT molecular complexity index is 1080. The smallest absolute Gasteiger partial charge is 0.407 e. The van der Waals surface area contributed by atoms with Crippen LogP contribution in [0.5, 0.6) is 0 Å². The summed E-state index contributed by atoms with van der Waals surface area (Å²) in [7, 11) is -1.48. The molecule has 2 aliphatic heterocycles. The summed E-state index contributed by atoms with van der Waals surface area (Å²) in [6.45, 7) is 9.04. The number of hydrogen-bond acceptors (Lipinski definition) is 3. The number of nitrogens with one attached hydrogen (secondary N) is 1. The van der Waals surface area contributed by atoms with Crippen molar-refractivity contribution in [2.75, 3.05) is 18.0 Å². The number of benzene rings is 2. The van der Waals surface area contributed by atoms with Crippen molar-refractivity contribution in [3.63, 3.8) is 0 Å². The average Bonchev–Trinajstić information content (AvgIpc) is 3.00. The van der Waals surface area contributed by atoms with E-state index in [-0.39, 0.29) is 23.4 Å². The van der Waals surface area contributed by atoms with Gasteiger partial charge in [0.2, 0.25) is 0 Å². The zero-order valence-electron chi connectivity index (χ0n) is 18.3. The lowest BCUT2D eigenvalue weighted by Crippen LogP contribution is -2.55. The highest BCUT2D eigenvalue weighted by atomic mass is 32.2. The molecular weight excluding hydrogens is 414 g/mol. The van der Waals surface area contributed by atoms with E-state index in [1.165, 1.54) is 4.90 Å². The summed E-state index contributed by atoms with van der Waals surface area (Å²) in [5.74, 6) is -0.0203. The van der Waals surface area contributed by atoms with Crippen LogP contribution in [-0.4, -0.2) is 51.4 Å². The quantitative estimate of drug-likeness (QED) is 0.748. The standard InChI is InChI=1S/C23H29N3O4S/c1-5-25-17-9-10-18(15-7-6-8-16(20(15)17)21(25)27)31(30)24-14-11-12-26(22(28)29)19(13-14)23(2,3)4/h6-10,14,19,24H,5,11-13H2,1-4H3,(H,28,29). The molecule has 0 aromatic heterocycles. The fraction of sp³-hybridized carbons (Fsp3) is 0.478. The minimum Gasteiger partial charge on any atom is -0.465 e. The fourth-order valence-corrected chi connectivity index (χ4v) is 6.04. The molecule has 31 heavy (non-hydrogen) atoms. The summed E-state index contributed by atoms with van der Waals surface area (Å²) in [5.41, 5.74) is 1.30. The Labute approximate surface area is 185 Å². The van der Waals surface area contributed by atoms with Crippen LogP contribution in [0.25, 0.3) is 10.8 Å². The second kappa shape index (κ2) is 7.91. The first-order valence-corrected chi connectivity index (χ1v) is 11.8. The minimum atomic E-state index is -1.48. The van der Waals surface area contributed by atoms with Gasteiger partial charge in [-0.2, -0.15) is 0 Å². The maximum Gasteiger partial charge on any atom is 0.407 e. The Hall–Kier alpha value is -2.45. The molecule has 1 fully saturated rings. The zero-order chi connectivity index (χ0) is 22.5. The van der Waals surface area contributed by atoms with Crippen molar-refractivity contribution < 1.29 is 18.9 Å². The number of piperidine rings is 1. The Kier molecular flexibility index (Phi) is 5.55. The molecule has 3 atom stereocenters. The van der Waals surface area contributed by atoms with Crippen LogP contribution in [0.3, 0.4) is 0 Å². The molecule has 3 unspecified atom stereocenters. The lowest BCUT2D eigenvalue weighted by Gasteiger charge is -2.44. The number of carbonyl (C=O) groups excluding carboxylic acids is 1. The summed E-state index contributed by atoms with van der Waals surface area (Å²) in [6, 6.07) is 9.06. The van der Waals surface area contributed by atoms with Crippen molar-refractivity contribution in [2.45, 2.75) is 57.5 Å². The van der Waals surface area contributed by atoms with Gasteiger partial charge in [-0.25, -0.2) is 13.7 Å². The first kappa shape index (κ1) is 21.8. The van der Waals surface area contributed by atoms with Gasteiger partial charge in [0.1, 0.15) is 11.0 Å². The molecule has 2 aromatic rings. The van der Waals surface area contributed by atoms with Crippen LogP contribution in [0, 0.1) is 5.41 Å². The van der Waals surface area contributed by atoms with E-state index in [9.17, 15) is 18.9 Å². The van der Waals surface area contributed by atoms with Crippen molar-refractivity contribution in [2.24, 2.45) is 5.41 Å². The van der Waals surface area contributed by atoms with E-state index in [4.69, 9.17) is 0 Å². The van der Waals surface area contributed by atoms with E-state index in [0.29, 0.717) is 36.4 Å². The predicted molar refractivity (Wildman–Crippen MR) is 122 cm³/mol. The Morgan fingerprint density at radius 3 is 2.65 bits per heavy atom. The van der Waals surface area contributed by atoms with Crippen molar-refractivity contribution in [3.8, 4) is 0 Å². The van der Waals surface area contributed by atoms with Gasteiger partial charge in [-0.15, -0.1) is 0 Å². The lowest BCUT2D eigenvalue weighted by atomic mass is 9.79. The van der Waals surface area contributed by atoms with Crippen LogP contribution in [0.4, 0.5) is 10.5 Å². The van der Waals surface area contributed by atoms with Crippen LogP contribution in [0.15, 0.2) is 35.2 Å². The molecule has 2 N–H and O–H groups in total. The van der Waals surface area contributed by atoms with Gasteiger partial charge in [-0.05, 0) is 43.4 Å². The molecule has 0 bridgehead atoms. The lowest BCUT2D eigenvalue weighted by molar-refractivity contribution is 0.0516. The molecule has 2 aromatic carbocycles. The molecule has 8 heteroatoms. The number of likely N-dealkylation sites (tertiary alicyclic amines) is 1. The Morgan fingerprint density at radius 2 is 2.00 bits per heavy atom. The fourth-order valence-electron chi connectivity index (χ4n) is 4.83. The summed E-state index contributed by atoms with van der Waals surface area (Å²) >= 11 is 0. The maximum absolute atomic E-state index is 13.3. The predicted octanol–water partition coefficient (Wildman–Crippen LogP) is 3.99. The SMILES string of the molecule is CCN1C(=O)c2cccc3c(S(=O)NC4CCN(C(=O)O)C(C(C)(C)C)C4)ccc1c23. The van der Waals surface area contributed by atoms with Gasteiger partial charge in [0.15, 0.2) is 0 Å². The van der Waals surface area contributed by atoms with Crippen LogP contribution < -0.4 is 9.62 Å². The highest BCUT2D eigenvalue weighted by Crippen LogP contribution is 2.39. The molecule has 2 heterocycles. The molecule has 166 valence electrons. The topological polar surface area (TPSA) is 90.0 Å². The second-order valence-corrected chi connectivity index (χ2v) is 10.5. The Morgan fingerprint density at radius 1 is 1.26 bits per heavy atom.